The maximum atomic E-state index is 14.7. The Morgan fingerprint density at radius 2 is 1.74 bits per heavy atom. The van der Waals surface area contributed by atoms with Crippen LogP contribution in [0.3, 0.4) is 0 Å². The van der Waals surface area contributed by atoms with E-state index in [2.05, 4.69) is 4.74 Å². The zero-order chi connectivity index (χ0) is 25.0. The molecule has 0 fully saturated rings. The number of halogens is 6. The van der Waals surface area contributed by atoms with Gasteiger partial charge in [-0.15, -0.1) is 0 Å². The lowest BCUT2D eigenvalue weighted by Gasteiger charge is -2.23. The molecule has 2 aromatic carbocycles. The van der Waals surface area contributed by atoms with Crippen molar-refractivity contribution in [3.63, 3.8) is 0 Å². The van der Waals surface area contributed by atoms with E-state index in [0.29, 0.717) is 18.4 Å². The fourth-order valence-corrected chi connectivity index (χ4v) is 3.62. The topological polar surface area (TPSA) is 44.8 Å². The van der Waals surface area contributed by atoms with Gasteiger partial charge in [0.05, 0.1) is 24.5 Å². The van der Waals surface area contributed by atoms with Gasteiger partial charge in [0.1, 0.15) is 11.3 Å². The van der Waals surface area contributed by atoms with Crippen molar-refractivity contribution in [2.45, 2.75) is 51.8 Å². The van der Waals surface area contributed by atoms with Crippen molar-refractivity contribution in [3.8, 4) is 11.5 Å². The second kappa shape index (κ2) is 10.4. The average molecular weight is 488 g/mol. The summed E-state index contributed by atoms with van der Waals surface area (Å²) >= 11 is 0. The molecule has 0 spiro atoms. The molecule has 0 amide bonds. The Morgan fingerprint density at radius 1 is 1.03 bits per heavy atom. The van der Waals surface area contributed by atoms with E-state index < -0.39 is 52.2 Å². The second-order valence-corrected chi connectivity index (χ2v) is 7.59. The lowest BCUT2D eigenvalue weighted by molar-refractivity contribution is -0.141. The molecule has 1 atom stereocenters. The van der Waals surface area contributed by atoms with Crippen LogP contribution in [-0.4, -0.2) is 18.7 Å². The van der Waals surface area contributed by atoms with Gasteiger partial charge in [-0.2, -0.15) is 13.2 Å². The molecular formula is C24H22F6O4. The number of carbonyl (C=O) groups excluding carboxylic acids is 1. The molecule has 2 aromatic rings. The first-order chi connectivity index (χ1) is 16.1. The Labute approximate surface area is 192 Å². The highest BCUT2D eigenvalue weighted by Gasteiger charge is 2.40. The van der Waals surface area contributed by atoms with Crippen molar-refractivity contribution in [3.05, 3.63) is 64.7 Å². The number of carbonyl (C=O) groups is 1. The number of ether oxygens (including phenoxy) is 3. The first-order valence-corrected chi connectivity index (χ1v) is 10.7. The Bertz CT molecular complexity index is 1090. The van der Waals surface area contributed by atoms with Crippen molar-refractivity contribution in [1.82, 2.24) is 0 Å². The molecule has 1 aliphatic heterocycles. The summed E-state index contributed by atoms with van der Waals surface area (Å²) in [5.41, 5.74) is -2.39. The quantitative estimate of drug-likeness (QED) is 0.238. The predicted molar refractivity (Wildman–Crippen MR) is 111 cm³/mol. The van der Waals surface area contributed by atoms with Gasteiger partial charge in [-0.25, -0.2) is 18.0 Å². The van der Waals surface area contributed by atoms with Crippen molar-refractivity contribution in [1.29, 1.82) is 0 Å². The van der Waals surface area contributed by atoms with E-state index in [1.807, 2.05) is 6.92 Å². The zero-order valence-electron chi connectivity index (χ0n) is 18.4. The van der Waals surface area contributed by atoms with E-state index >= 15 is 0 Å². The summed E-state index contributed by atoms with van der Waals surface area (Å²) in [6.45, 7) is 3.24. The van der Waals surface area contributed by atoms with Crippen LogP contribution in [0.1, 0.15) is 61.0 Å². The maximum Gasteiger partial charge on any atom is 0.422 e. The highest BCUT2D eigenvalue weighted by molar-refractivity contribution is 5.92. The molecule has 1 aliphatic rings. The monoisotopic (exact) mass is 488 g/mol. The fourth-order valence-electron chi connectivity index (χ4n) is 3.62. The number of alkyl halides is 3. The Morgan fingerprint density at radius 3 is 2.32 bits per heavy atom. The zero-order valence-corrected chi connectivity index (χ0v) is 18.4. The van der Waals surface area contributed by atoms with E-state index in [1.54, 1.807) is 0 Å². The van der Waals surface area contributed by atoms with E-state index in [1.165, 1.54) is 13.2 Å². The minimum absolute atomic E-state index is 0.0125. The van der Waals surface area contributed by atoms with Gasteiger partial charge in [0.15, 0.2) is 23.2 Å². The van der Waals surface area contributed by atoms with Crippen LogP contribution in [-0.2, 0) is 10.9 Å². The number of esters is 1. The summed E-state index contributed by atoms with van der Waals surface area (Å²) in [5.74, 6) is -8.28. The van der Waals surface area contributed by atoms with E-state index in [4.69, 9.17) is 9.47 Å². The smallest absolute Gasteiger partial charge is 0.422 e. The Balaban J connectivity index is 1.87. The summed E-state index contributed by atoms with van der Waals surface area (Å²) in [5, 5.41) is 0. The molecule has 184 valence electrons. The van der Waals surface area contributed by atoms with Gasteiger partial charge >= 0.3 is 12.1 Å². The molecule has 3 rings (SSSR count). The third-order valence-electron chi connectivity index (χ3n) is 5.25. The Hall–Kier alpha value is -3.17. The fraction of sp³-hybridized carbons (Fsp3) is 0.375. The molecule has 10 heteroatoms. The van der Waals surface area contributed by atoms with Crippen molar-refractivity contribution < 1.29 is 45.3 Å². The number of hydrogen-bond acceptors (Lipinski definition) is 4. The first kappa shape index (κ1) is 25.5. The van der Waals surface area contributed by atoms with Crippen LogP contribution in [0.15, 0.2) is 30.5 Å². The standard InChI is InChI=1S/C24H22F6O4/c1-3-5-14-7-6-13(12-33-14)15-8-9-16(21(26)20(15)25)23(31)34-18-11-10-17(32-4-2)19(22(18)27)24(28,29)30/h8-12,14H,3-7H2,1-2H3. The van der Waals surface area contributed by atoms with E-state index in [9.17, 15) is 31.1 Å². The highest BCUT2D eigenvalue weighted by atomic mass is 19.4. The molecule has 4 nitrogen and oxygen atoms in total. The summed E-state index contributed by atoms with van der Waals surface area (Å²) in [6, 6.07) is 3.58. The first-order valence-electron chi connectivity index (χ1n) is 10.7. The third kappa shape index (κ3) is 5.31. The Kier molecular flexibility index (Phi) is 7.78. The lowest BCUT2D eigenvalue weighted by Crippen LogP contribution is -2.17. The molecular weight excluding hydrogens is 466 g/mol. The van der Waals surface area contributed by atoms with Crippen LogP contribution in [0.25, 0.3) is 5.57 Å². The average Bonchev–Trinajstić information content (AvgIpc) is 2.77. The maximum absolute atomic E-state index is 14.7. The molecule has 0 aliphatic carbocycles. The molecule has 1 unspecified atom stereocenters. The number of rotatable bonds is 7. The number of allylic oxidation sites excluding steroid dienone is 1. The minimum Gasteiger partial charge on any atom is -0.498 e. The predicted octanol–water partition coefficient (Wildman–Crippen LogP) is 7.06. The summed E-state index contributed by atoms with van der Waals surface area (Å²) in [7, 11) is 0. The lowest BCUT2D eigenvalue weighted by atomic mass is 9.95. The van der Waals surface area contributed by atoms with Crippen LogP contribution in [0.5, 0.6) is 11.5 Å². The normalized spacial score (nSPS) is 16.0. The van der Waals surface area contributed by atoms with Crippen LogP contribution >= 0.6 is 0 Å². The van der Waals surface area contributed by atoms with E-state index in [-0.39, 0.29) is 18.3 Å². The van der Waals surface area contributed by atoms with Gasteiger partial charge in [-0.1, -0.05) is 19.4 Å². The van der Waals surface area contributed by atoms with Crippen molar-refractivity contribution in [2.24, 2.45) is 0 Å². The number of benzene rings is 2. The van der Waals surface area contributed by atoms with E-state index in [0.717, 1.165) is 37.1 Å². The molecule has 1 heterocycles. The SMILES string of the molecule is CCCC1CCC(c2ccc(C(=O)Oc3ccc(OCC)c(C(F)(F)F)c3F)c(F)c2F)=CO1. The molecule has 0 N–H and O–H groups in total. The van der Waals surface area contributed by atoms with Gasteiger partial charge in [0, 0.05) is 5.56 Å². The molecule has 0 aromatic heterocycles. The highest BCUT2D eigenvalue weighted by Crippen LogP contribution is 2.41. The minimum atomic E-state index is -5.15. The molecule has 0 bridgehead atoms. The van der Waals surface area contributed by atoms with Gasteiger partial charge < -0.3 is 14.2 Å². The largest absolute Gasteiger partial charge is 0.498 e. The van der Waals surface area contributed by atoms with Gasteiger partial charge in [0.25, 0.3) is 0 Å². The molecule has 0 saturated heterocycles. The summed E-state index contributed by atoms with van der Waals surface area (Å²) in [6.07, 6.45) is -1.03. The van der Waals surface area contributed by atoms with Gasteiger partial charge in [-0.05, 0) is 50.0 Å². The van der Waals surface area contributed by atoms with Crippen molar-refractivity contribution in [2.75, 3.05) is 6.61 Å². The molecule has 0 saturated carbocycles. The second-order valence-electron chi connectivity index (χ2n) is 7.59. The van der Waals surface area contributed by atoms with Crippen LogP contribution in [0, 0.1) is 17.5 Å². The summed E-state index contributed by atoms with van der Waals surface area (Å²) < 4.78 is 98.8. The van der Waals surface area contributed by atoms with Crippen molar-refractivity contribution >= 4 is 11.5 Å². The van der Waals surface area contributed by atoms with Crippen LogP contribution in [0.4, 0.5) is 26.3 Å². The molecule has 34 heavy (non-hydrogen) atoms. The van der Waals surface area contributed by atoms with Crippen LogP contribution < -0.4 is 9.47 Å². The van der Waals surface area contributed by atoms with Gasteiger partial charge in [0.2, 0.25) is 0 Å². The third-order valence-corrected chi connectivity index (χ3v) is 5.25. The number of hydrogen-bond donors (Lipinski definition) is 0. The van der Waals surface area contributed by atoms with Gasteiger partial charge in [-0.3, -0.25) is 0 Å². The molecule has 0 radical (unpaired) electrons. The van der Waals surface area contributed by atoms with Crippen LogP contribution in [0.2, 0.25) is 0 Å². The summed E-state index contributed by atoms with van der Waals surface area (Å²) in [4.78, 5) is 12.4.